The Kier molecular flexibility index (Phi) is 3.93. The SMILES string of the molecule is CCCNC(C)CCc1nc(C2CC2)no1. The van der Waals surface area contributed by atoms with Crippen LogP contribution in [-0.2, 0) is 6.42 Å². The van der Waals surface area contributed by atoms with E-state index in [1.165, 1.54) is 19.3 Å². The molecule has 1 fully saturated rings. The lowest BCUT2D eigenvalue weighted by Gasteiger charge is -2.10. The fourth-order valence-corrected chi connectivity index (χ4v) is 1.71. The third-order valence-corrected chi connectivity index (χ3v) is 2.96. The third kappa shape index (κ3) is 3.30. The van der Waals surface area contributed by atoms with Gasteiger partial charge >= 0.3 is 0 Å². The minimum absolute atomic E-state index is 0.524. The van der Waals surface area contributed by atoms with Crippen molar-refractivity contribution in [2.45, 2.75) is 57.9 Å². The molecule has 16 heavy (non-hydrogen) atoms. The average Bonchev–Trinajstić information content (AvgIpc) is 3.03. The molecule has 0 radical (unpaired) electrons. The molecular weight excluding hydrogens is 202 g/mol. The molecule has 2 rings (SSSR count). The van der Waals surface area contributed by atoms with Gasteiger partial charge in [-0.25, -0.2) is 0 Å². The van der Waals surface area contributed by atoms with Crippen LogP contribution in [0.15, 0.2) is 4.52 Å². The van der Waals surface area contributed by atoms with Gasteiger partial charge in [-0.15, -0.1) is 0 Å². The number of aryl methyl sites for hydroxylation is 1. The number of rotatable bonds is 7. The molecule has 0 aromatic carbocycles. The van der Waals surface area contributed by atoms with Gasteiger partial charge in [0.05, 0.1) is 0 Å². The first kappa shape index (κ1) is 11.6. The number of nitrogens with one attached hydrogen (secondary N) is 1. The fraction of sp³-hybridized carbons (Fsp3) is 0.833. The zero-order valence-electron chi connectivity index (χ0n) is 10.2. The van der Waals surface area contributed by atoms with Crippen LogP contribution in [0.2, 0.25) is 0 Å². The van der Waals surface area contributed by atoms with Gasteiger partial charge in [-0.05, 0) is 39.2 Å². The van der Waals surface area contributed by atoms with Gasteiger partial charge < -0.3 is 9.84 Å². The first-order chi connectivity index (χ1) is 7.79. The highest BCUT2D eigenvalue weighted by atomic mass is 16.5. The van der Waals surface area contributed by atoms with E-state index in [9.17, 15) is 0 Å². The summed E-state index contributed by atoms with van der Waals surface area (Å²) in [6.45, 7) is 5.46. The lowest BCUT2D eigenvalue weighted by atomic mass is 10.2. The van der Waals surface area contributed by atoms with Crippen LogP contribution >= 0.6 is 0 Å². The van der Waals surface area contributed by atoms with E-state index < -0.39 is 0 Å². The van der Waals surface area contributed by atoms with Gasteiger partial charge in [0.15, 0.2) is 5.82 Å². The molecule has 1 aromatic heterocycles. The van der Waals surface area contributed by atoms with Gasteiger partial charge in [-0.3, -0.25) is 0 Å². The average molecular weight is 223 g/mol. The summed E-state index contributed by atoms with van der Waals surface area (Å²) in [5, 5.41) is 7.47. The van der Waals surface area contributed by atoms with Crippen LogP contribution in [0.5, 0.6) is 0 Å². The van der Waals surface area contributed by atoms with Crippen LogP contribution in [-0.4, -0.2) is 22.7 Å². The molecule has 1 heterocycles. The number of nitrogens with zero attached hydrogens (tertiary/aromatic N) is 2. The van der Waals surface area contributed by atoms with E-state index in [-0.39, 0.29) is 0 Å². The summed E-state index contributed by atoms with van der Waals surface area (Å²) < 4.78 is 5.23. The van der Waals surface area contributed by atoms with E-state index >= 15 is 0 Å². The van der Waals surface area contributed by atoms with Crippen LogP contribution in [0, 0.1) is 0 Å². The summed E-state index contributed by atoms with van der Waals surface area (Å²) in [7, 11) is 0. The molecule has 1 aliphatic rings. The Balaban J connectivity index is 1.71. The predicted molar refractivity (Wildman–Crippen MR) is 62.3 cm³/mol. The second-order valence-electron chi connectivity index (χ2n) is 4.71. The van der Waals surface area contributed by atoms with Crippen LogP contribution < -0.4 is 5.32 Å². The quantitative estimate of drug-likeness (QED) is 0.770. The molecule has 4 heteroatoms. The van der Waals surface area contributed by atoms with Crippen molar-refractivity contribution in [2.75, 3.05) is 6.54 Å². The molecule has 0 bridgehead atoms. The molecule has 1 aliphatic carbocycles. The van der Waals surface area contributed by atoms with E-state index in [0.29, 0.717) is 12.0 Å². The lowest BCUT2D eigenvalue weighted by molar-refractivity contribution is 0.362. The molecule has 0 saturated heterocycles. The zero-order chi connectivity index (χ0) is 11.4. The van der Waals surface area contributed by atoms with Crippen molar-refractivity contribution < 1.29 is 4.52 Å². The topological polar surface area (TPSA) is 51.0 Å². The Morgan fingerprint density at radius 3 is 3.00 bits per heavy atom. The van der Waals surface area contributed by atoms with E-state index in [2.05, 4.69) is 29.3 Å². The molecule has 1 atom stereocenters. The maximum Gasteiger partial charge on any atom is 0.226 e. The summed E-state index contributed by atoms with van der Waals surface area (Å²) >= 11 is 0. The van der Waals surface area contributed by atoms with Gasteiger partial charge in [0, 0.05) is 18.4 Å². The summed E-state index contributed by atoms with van der Waals surface area (Å²) in [4.78, 5) is 4.42. The molecule has 0 spiro atoms. The maximum atomic E-state index is 5.23. The summed E-state index contributed by atoms with van der Waals surface area (Å²) in [6, 6.07) is 0.524. The minimum Gasteiger partial charge on any atom is -0.339 e. The molecular formula is C12H21N3O. The first-order valence-corrected chi connectivity index (χ1v) is 6.35. The van der Waals surface area contributed by atoms with Crippen molar-refractivity contribution in [3.05, 3.63) is 11.7 Å². The smallest absolute Gasteiger partial charge is 0.226 e. The second-order valence-corrected chi connectivity index (χ2v) is 4.71. The van der Waals surface area contributed by atoms with Gasteiger partial charge in [0.2, 0.25) is 5.89 Å². The molecule has 0 amide bonds. The Bertz CT molecular complexity index is 320. The highest BCUT2D eigenvalue weighted by Gasteiger charge is 2.28. The first-order valence-electron chi connectivity index (χ1n) is 6.35. The molecule has 1 N–H and O–H groups in total. The van der Waals surface area contributed by atoms with Crippen molar-refractivity contribution in [2.24, 2.45) is 0 Å². The van der Waals surface area contributed by atoms with Crippen LogP contribution in [0.3, 0.4) is 0 Å². The van der Waals surface area contributed by atoms with Gasteiger partial charge in [-0.1, -0.05) is 12.1 Å². The van der Waals surface area contributed by atoms with Crippen molar-refractivity contribution in [1.82, 2.24) is 15.5 Å². The van der Waals surface area contributed by atoms with Crippen molar-refractivity contribution >= 4 is 0 Å². The van der Waals surface area contributed by atoms with Crippen LogP contribution in [0.4, 0.5) is 0 Å². The Hall–Kier alpha value is -0.900. The predicted octanol–water partition coefficient (Wildman–Crippen LogP) is 2.27. The van der Waals surface area contributed by atoms with Gasteiger partial charge in [-0.2, -0.15) is 4.98 Å². The molecule has 1 saturated carbocycles. The lowest BCUT2D eigenvalue weighted by Crippen LogP contribution is -2.27. The maximum absolute atomic E-state index is 5.23. The van der Waals surface area contributed by atoms with E-state index in [0.717, 1.165) is 31.1 Å². The standard InChI is InChI=1S/C12H21N3O/c1-3-8-13-9(2)4-7-11-14-12(15-16-11)10-5-6-10/h9-10,13H,3-8H2,1-2H3. The Morgan fingerprint density at radius 2 is 2.31 bits per heavy atom. The van der Waals surface area contributed by atoms with E-state index in [1.54, 1.807) is 0 Å². The van der Waals surface area contributed by atoms with Crippen molar-refractivity contribution in [3.63, 3.8) is 0 Å². The van der Waals surface area contributed by atoms with Crippen LogP contribution in [0.25, 0.3) is 0 Å². The van der Waals surface area contributed by atoms with E-state index in [1.807, 2.05) is 0 Å². The molecule has 1 unspecified atom stereocenters. The van der Waals surface area contributed by atoms with Crippen molar-refractivity contribution in [1.29, 1.82) is 0 Å². The summed E-state index contributed by atoms with van der Waals surface area (Å²) in [6.07, 6.45) is 5.58. The zero-order valence-corrected chi connectivity index (χ0v) is 10.2. The van der Waals surface area contributed by atoms with E-state index in [4.69, 9.17) is 4.52 Å². The molecule has 1 aromatic rings. The highest BCUT2D eigenvalue weighted by molar-refractivity contribution is 5.03. The number of hydrogen-bond acceptors (Lipinski definition) is 4. The highest BCUT2D eigenvalue weighted by Crippen LogP contribution is 2.38. The van der Waals surface area contributed by atoms with Gasteiger partial charge in [0.1, 0.15) is 0 Å². The number of aromatic nitrogens is 2. The molecule has 0 aliphatic heterocycles. The monoisotopic (exact) mass is 223 g/mol. The van der Waals surface area contributed by atoms with Gasteiger partial charge in [0.25, 0.3) is 0 Å². The second kappa shape index (κ2) is 5.43. The van der Waals surface area contributed by atoms with Crippen molar-refractivity contribution in [3.8, 4) is 0 Å². The number of hydrogen-bond donors (Lipinski definition) is 1. The molecule has 4 nitrogen and oxygen atoms in total. The summed E-state index contributed by atoms with van der Waals surface area (Å²) in [5.74, 6) is 2.31. The fourth-order valence-electron chi connectivity index (χ4n) is 1.71. The Labute approximate surface area is 96.8 Å². The minimum atomic E-state index is 0.524. The summed E-state index contributed by atoms with van der Waals surface area (Å²) in [5.41, 5.74) is 0. The Morgan fingerprint density at radius 1 is 1.50 bits per heavy atom. The van der Waals surface area contributed by atoms with Crippen LogP contribution in [0.1, 0.15) is 57.2 Å². The molecule has 90 valence electrons. The third-order valence-electron chi connectivity index (χ3n) is 2.96. The largest absolute Gasteiger partial charge is 0.339 e. The normalized spacial score (nSPS) is 17.6.